The van der Waals surface area contributed by atoms with Gasteiger partial charge in [0.2, 0.25) is 5.91 Å². The van der Waals surface area contributed by atoms with Gasteiger partial charge in [0.25, 0.3) is 0 Å². The summed E-state index contributed by atoms with van der Waals surface area (Å²) in [5, 5.41) is 11.9. The molecule has 0 aromatic heterocycles. The molecule has 7 heteroatoms. The van der Waals surface area contributed by atoms with Gasteiger partial charge in [0, 0.05) is 5.75 Å². The van der Waals surface area contributed by atoms with Gasteiger partial charge in [-0.25, -0.2) is 9.18 Å². The number of halogens is 1. The third kappa shape index (κ3) is 3.47. The molecular weight excluding hydrogens is 297 g/mol. The Balaban J connectivity index is 2.04. The highest BCUT2D eigenvalue weighted by molar-refractivity contribution is 7.99. The van der Waals surface area contributed by atoms with Crippen molar-refractivity contribution in [2.45, 2.75) is 18.4 Å². The number of amides is 1. The molecule has 1 amide bonds. The highest BCUT2D eigenvalue weighted by atomic mass is 32.2. The quantitative estimate of drug-likeness (QED) is 0.860. The molecule has 1 fully saturated rings. The van der Waals surface area contributed by atoms with Gasteiger partial charge in [0.1, 0.15) is 5.54 Å². The molecule has 0 aliphatic carbocycles. The number of thioether (sulfide) groups is 1. The molecule has 1 aromatic carbocycles. The minimum Gasteiger partial charge on any atom is -0.494 e. The van der Waals surface area contributed by atoms with Crippen LogP contribution in [0.25, 0.3) is 0 Å². The van der Waals surface area contributed by atoms with Crippen LogP contribution in [0.15, 0.2) is 18.2 Å². The summed E-state index contributed by atoms with van der Waals surface area (Å²) in [6, 6.07) is 4.24. The molecule has 1 saturated heterocycles. The summed E-state index contributed by atoms with van der Waals surface area (Å²) in [6.45, 7) is 0. The van der Waals surface area contributed by atoms with Crippen LogP contribution in [0.4, 0.5) is 4.39 Å². The molecule has 0 saturated carbocycles. The Morgan fingerprint density at radius 3 is 2.81 bits per heavy atom. The summed E-state index contributed by atoms with van der Waals surface area (Å²) in [5.74, 6) is -0.846. The monoisotopic (exact) mass is 313 g/mol. The predicted molar refractivity (Wildman–Crippen MR) is 77.1 cm³/mol. The summed E-state index contributed by atoms with van der Waals surface area (Å²) in [7, 11) is 1.36. The molecule has 0 unspecified atom stereocenters. The van der Waals surface area contributed by atoms with E-state index in [4.69, 9.17) is 4.74 Å². The first-order valence-corrected chi connectivity index (χ1v) is 7.57. The van der Waals surface area contributed by atoms with Gasteiger partial charge in [-0.3, -0.25) is 4.79 Å². The fraction of sp³-hybridized carbons (Fsp3) is 0.429. The van der Waals surface area contributed by atoms with Gasteiger partial charge in [-0.1, -0.05) is 6.07 Å². The Hall–Kier alpha value is -1.76. The van der Waals surface area contributed by atoms with Crippen LogP contribution >= 0.6 is 11.8 Å². The van der Waals surface area contributed by atoms with Crippen LogP contribution in [0.2, 0.25) is 0 Å². The number of carbonyl (C=O) groups is 2. The molecule has 5 nitrogen and oxygen atoms in total. The van der Waals surface area contributed by atoms with E-state index in [-0.39, 0.29) is 12.2 Å². The lowest BCUT2D eigenvalue weighted by Crippen LogP contribution is -2.55. The molecule has 1 aliphatic rings. The number of hydrogen-bond donors (Lipinski definition) is 2. The number of aliphatic carboxylic acids is 1. The van der Waals surface area contributed by atoms with Crippen molar-refractivity contribution >= 4 is 23.6 Å². The molecular formula is C14H16FNO4S. The minimum absolute atomic E-state index is 0.0688. The van der Waals surface area contributed by atoms with Crippen molar-refractivity contribution in [3.05, 3.63) is 29.6 Å². The maximum absolute atomic E-state index is 13.6. The third-order valence-corrected chi connectivity index (χ3v) is 4.58. The summed E-state index contributed by atoms with van der Waals surface area (Å²) in [6.07, 6.45) is 0.330. The molecule has 2 N–H and O–H groups in total. The Morgan fingerprint density at radius 2 is 2.29 bits per heavy atom. The van der Waals surface area contributed by atoms with Gasteiger partial charge in [-0.2, -0.15) is 11.8 Å². The molecule has 1 atom stereocenters. The van der Waals surface area contributed by atoms with Crippen molar-refractivity contribution in [3.8, 4) is 5.75 Å². The maximum atomic E-state index is 13.6. The Labute approximate surface area is 125 Å². The van der Waals surface area contributed by atoms with E-state index in [1.165, 1.54) is 31.0 Å². The van der Waals surface area contributed by atoms with Crippen LogP contribution < -0.4 is 10.1 Å². The van der Waals surface area contributed by atoms with Crippen LogP contribution in [0.1, 0.15) is 12.0 Å². The fourth-order valence-electron chi connectivity index (χ4n) is 2.20. The van der Waals surface area contributed by atoms with Gasteiger partial charge in [-0.05, 0) is 29.9 Å². The first-order valence-electron chi connectivity index (χ1n) is 6.41. The molecule has 21 heavy (non-hydrogen) atoms. The standard InChI is InChI=1S/C14H16FNO4S/c1-20-11-3-2-9(6-10(11)15)7-12(17)16-14(13(18)19)4-5-21-8-14/h2-3,6H,4-5,7-8H2,1H3,(H,16,17)(H,18,19)/t14-/m0/s1. The van der Waals surface area contributed by atoms with Crippen LogP contribution in [-0.2, 0) is 16.0 Å². The van der Waals surface area contributed by atoms with Crippen LogP contribution in [0, 0.1) is 5.82 Å². The molecule has 0 bridgehead atoms. The summed E-state index contributed by atoms with van der Waals surface area (Å²) in [5.41, 5.74) is -0.732. The SMILES string of the molecule is COc1ccc(CC(=O)N[C@@]2(C(=O)O)CCSC2)cc1F. The van der Waals surface area contributed by atoms with Crippen LogP contribution in [0.3, 0.4) is 0 Å². The van der Waals surface area contributed by atoms with Crippen LogP contribution in [0.5, 0.6) is 5.75 Å². The molecule has 114 valence electrons. The van der Waals surface area contributed by atoms with E-state index in [0.717, 1.165) is 0 Å². The zero-order chi connectivity index (χ0) is 15.5. The number of methoxy groups -OCH3 is 1. The van der Waals surface area contributed by atoms with Crippen molar-refractivity contribution in [3.63, 3.8) is 0 Å². The lowest BCUT2D eigenvalue weighted by atomic mass is 9.98. The first kappa shape index (κ1) is 15.6. The Kier molecular flexibility index (Phi) is 4.72. The van der Waals surface area contributed by atoms with Gasteiger partial charge in [0.05, 0.1) is 13.5 Å². The number of ether oxygens (including phenoxy) is 1. The summed E-state index contributed by atoms with van der Waals surface area (Å²) < 4.78 is 18.4. The maximum Gasteiger partial charge on any atom is 0.330 e. The molecule has 1 aliphatic heterocycles. The van der Waals surface area contributed by atoms with Crippen molar-refractivity contribution in [1.82, 2.24) is 5.32 Å². The summed E-state index contributed by atoms with van der Waals surface area (Å²) in [4.78, 5) is 23.4. The fourth-order valence-corrected chi connectivity index (χ4v) is 3.53. The minimum atomic E-state index is -1.20. The lowest BCUT2D eigenvalue weighted by Gasteiger charge is -2.24. The number of carboxylic acid groups (broad SMARTS) is 1. The van der Waals surface area contributed by atoms with E-state index in [9.17, 15) is 19.1 Å². The highest BCUT2D eigenvalue weighted by Gasteiger charge is 2.43. The smallest absolute Gasteiger partial charge is 0.330 e. The topological polar surface area (TPSA) is 75.6 Å². The van der Waals surface area contributed by atoms with Crippen molar-refractivity contribution < 1.29 is 23.8 Å². The zero-order valence-corrected chi connectivity index (χ0v) is 12.3. The van der Waals surface area contributed by atoms with Crippen LogP contribution in [-0.4, -0.2) is 41.1 Å². The molecule has 2 rings (SSSR count). The number of benzene rings is 1. The Morgan fingerprint density at radius 1 is 1.52 bits per heavy atom. The van der Waals surface area contributed by atoms with Gasteiger partial charge >= 0.3 is 5.97 Å². The average molecular weight is 313 g/mol. The largest absolute Gasteiger partial charge is 0.494 e. The molecule has 1 aromatic rings. The number of hydrogen-bond acceptors (Lipinski definition) is 4. The summed E-state index contributed by atoms with van der Waals surface area (Å²) >= 11 is 1.49. The lowest BCUT2D eigenvalue weighted by molar-refractivity contribution is -0.146. The molecule has 0 radical (unpaired) electrons. The highest BCUT2D eigenvalue weighted by Crippen LogP contribution is 2.28. The molecule has 1 heterocycles. The number of carbonyl (C=O) groups excluding carboxylic acids is 1. The zero-order valence-electron chi connectivity index (χ0n) is 11.5. The van der Waals surface area contributed by atoms with Crippen molar-refractivity contribution in [2.75, 3.05) is 18.6 Å². The normalized spacial score (nSPS) is 21.0. The van der Waals surface area contributed by atoms with Gasteiger partial charge < -0.3 is 15.2 Å². The molecule has 0 spiro atoms. The second kappa shape index (κ2) is 6.34. The average Bonchev–Trinajstić information content (AvgIpc) is 2.88. The van der Waals surface area contributed by atoms with Crippen molar-refractivity contribution in [1.29, 1.82) is 0 Å². The van der Waals surface area contributed by atoms with Crippen molar-refractivity contribution in [2.24, 2.45) is 0 Å². The van der Waals surface area contributed by atoms with E-state index in [0.29, 0.717) is 23.5 Å². The van der Waals surface area contributed by atoms with E-state index < -0.39 is 23.2 Å². The number of rotatable bonds is 5. The Bertz CT molecular complexity index is 558. The van der Waals surface area contributed by atoms with Gasteiger partial charge in [0.15, 0.2) is 11.6 Å². The van der Waals surface area contributed by atoms with E-state index in [1.807, 2.05) is 0 Å². The van der Waals surface area contributed by atoms with Gasteiger partial charge in [-0.15, -0.1) is 0 Å². The first-order chi connectivity index (χ1) is 9.97. The van der Waals surface area contributed by atoms with E-state index >= 15 is 0 Å². The predicted octanol–water partition coefficient (Wildman–Crippen LogP) is 1.45. The number of carboxylic acids is 1. The third-order valence-electron chi connectivity index (χ3n) is 3.39. The van der Waals surface area contributed by atoms with E-state index in [2.05, 4.69) is 5.32 Å². The second-order valence-corrected chi connectivity index (χ2v) is 5.99. The second-order valence-electron chi connectivity index (χ2n) is 4.88. The van der Waals surface area contributed by atoms with E-state index in [1.54, 1.807) is 6.07 Å². The number of nitrogens with one attached hydrogen (secondary N) is 1.